The van der Waals surface area contributed by atoms with Gasteiger partial charge in [0.25, 0.3) is 0 Å². The Morgan fingerprint density at radius 1 is 1.15 bits per heavy atom. The van der Waals surface area contributed by atoms with Crippen LogP contribution in [0.25, 0.3) is 0 Å². The second kappa shape index (κ2) is 6.23. The third-order valence-corrected chi connectivity index (χ3v) is 2.11. The van der Waals surface area contributed by atoms with E-state index in [9.17, 15) is 0 Å². The quantitative estimate of drug-likeness (QED) is 0.417. The number of allylic oxidation sites excluding steroid dienone is 2. The van der Waals surface area contributed by atoms with Crippen LogP contribution in [0, 0.1) is 5.41 Å². The first-order valence-electron chi connectivity index (χ1n) is 5.61. The molecule has 0 aliphatic rings. The molecule has 0 atom stereocenters. The van der Waals surface area contributed by atoms with Crippen molar-refractivity contribution in [2.45, 2.75) is 66.7 Å². The van der Waals surface area contributed by atoms with E-state index in [1.165, 1.54) is 32.1 Å². The second-order valence-corrected chi connectivity index (χ2v) is 5.28. The Kier molecular flexibility index (Phi) is 6.11. The minimum absolute atomic E-state index is 0.450. The van der Waals surface area contributed by atoms with Crippen molar-refractivity contribution in [2.24, 2.45) is 5.41 Å². The lowest BCUT2D eigenvalue weighted by Gasteiger charge is -2.18. The second-order valence-electron chi connectivity index (χ2n) is 5.28. The molecule has 78 valence electrons. The van der Waals surface area contributed by atoms with Crippen molar-refractivity contribution in [3.63, 3.8) is 0 Å². The molecule has 0 aliphatic carbocycles. The third kappa shape index (κ3) is 9.66. The van der Waals surface area contributed by atoms with Crippen LogP contribution in [0.1, 0.15) is 66.7 Å². The van der Waals surface area contributed by atoms with Gasteiger partial charge in [-0.25, -0.2) is 0 Å². The lowest BCUT2D eigenvalue weighted by molar-refractivity contribution is 0.409. The summed E-state index contributed by atoms with van der Waals surface area (Å²) in [6.07, 6.45) is 8.99. The summed E-state index contributed by atoms with van der Waals surface area (Å²) >= 11 is 0. The van der Waals surface area contributed by atoms with Gasteiger partial charge >= 0.3 is 0 Å². The van der Waals surface area contributed by atoms with E-state index in [-0.39, 0.29) is 0 Å². The molecular weight excluding hydrogens is 156 g/mol. The van der Waals surface area contributed by atoms with Gasteiger partial charge in [-0.15, -0.1) is 0 Å². The van der Waals surface area contributed by atoms with Gasteiger partial charge in [-0.05, 0) is 31.6 Å². The fourth-order valence-electron chi connectivity index (χ4n) is 1.65. The van der Waals surface area contributed by atoms with Gasteiger partial charge in [0, 0.05) is 0 Å². The Bertz CT molecular complexity index is 146. The predicted octanol–water partition coefficient (Wildman–Crippen LogP) is 4.95. The molecule has 0 aromatic rings. The molecule has 0 rings (SSSR count). The zero-order chi connectivity index (χ0) is 10.3. The van der Waals surface area contributed by atoms with Crippen LogP contribution in [0.5, 0.6) is 0 Å². The standard InChI is InChI=1S/C13H26/c1-6-7-8-9-10-12(2)11-13(3,4)5/h10H,6-9,11H2,1-5H3/b12-10-. The molecule has 0 bridgehead atoms. The van der Waals surface area contributed by atoms with Crippen molar-refractivity contribution < 1.29 is 0 Å². The predicted molar refractivity (Wildman–Crippen MR) is 62.0 cm³/mol. The number of rotatable bonds is 5. The molecule has 0 radical (unpaired) electrons. The summed E-state index contributed by atoms with van der Waals surface area (Å²) in [7, 11) is 0. The van der Waals surface area contributed by atoms with Crippen molar-refractivity contribution in [3.8, 4) is 0 Å². The number of hydrogen-bond acceptors (Lipinski definition) is 0. The topological polar surface area (TPSA) is 0 Å². The van der Waals surface area contributed by atoms with Crippen molar-refractivity contribution in [1.82, 2.24) is 0 Å². The third-order valence-electron chi connectivity index (χ3n) is 2.11. The summed E-state index contributed by atoms with van der Waals surface area (Å²) in [6.45, 7) is 11.4. The molecule has 0 N–H and O–H groups in total. The van der Waals surface area contributed by atoms with Crippen LogP contribution in [0.3, 0.4) is 0 Å². The normalized spacial score (nSPS) is 13.5. The van der Waals surface area contributed by atoms with Crippen molar-refractivity contribution in [3.05, 3.63) is 11.6 Å². The summed E-state index contributed by atoms with van der Waals surface area (Å²) in [4.78, 5) is 0. The molecule has 0 saturated heterocycles. The van der Waals surface area contributed by atoms with Gasteiger partial charge in [0.05, 0.1) is 0 Å². The van der Waals surface area contributed by atoms with Crippen molar-refractivity contribution >= 4 is 0 Å². The minimum Gasteiger partial charge on any atom is -0.0856 e. The van der Waals surface area contributed by atoms with Crippen LogP contribution < -0.4 is 0 Å². The molecule has 0 nitrogen and oxygen atoms in total. The summed E-state index contributed by atoms with van der Waals surface area (Å²) in [6, 6.07) is 0. The average molecular weight is 182 g/mol. The molecule has 0 aromatic carbocycles. The first-order chi connectivity index (χ1) is 5.95. The summed E-state index contributed by atoms with van der Waals surface area (Å²) in [5.41, 5.74) is 2.01. The number of hydrogen-bond donors (Lipinski definition) is 0. The maximum atomic E-state index is 2.42. The SMILES string of the molecule is CCCCC/C=C(/C)CC(C)(C)C. The van der Waals surface area contributed by atoms with Gasteiger partial charge < -0.3 is 0 Å². The fourth-order valence-corrected chi connectivity index (χ4v) is 1.65. The Labute approximate surface area is 84.4 Å². The van der Waals surface area contributed by atoms with E-state index in [2.05, 4.69) is 40.7 Å². The zero-order valence-corrected chi connectivity index (χ0v) is 10.1. The molecule has 0 aliphatic heterocycles. The molecule has 0 spiro atoms. The lowest BCUT2D eigenvalue weighted by Crippen LogP contribution is -2.04. The smallest absolute Gasteiger partial charge is 0.0274 e. The van der Waals surface area contributed by atoms with E-state index in [4.69, 9.17) is 0 Å². The van der Waals surface area contributed by atoms with Gasteiger partial charge in [-0.3, -0.25) is 0 Å². The van der Waals surface area contributed by atoms with E-state index in [0.29, 0.717) is 5.41 Å². The lowest BCUT2D eigenvalue weighted by atomic mass is 9.88. The van der Waals surface area contributed by atoms with E-state index < -0.39 is 0 Å². The average Bonchev–Trinajstić information content (AvgIpc) is 1.94. The van der Waals surface area contributed by atoms with Gasteiger partial charge in [-0.1, -0.05) is 52.2 Å². The van der Waals surface area contributed by atoms with Gasteiger partial charge in [0.2, 0.25) is 0 Å². The molecule has 0 fully saturated rings. The van der Waals surface area contributed by atoms with Crippen LogP contribution in [-0.2, 0) is 0 Å². The molecule has 0 heteroatoms. The molecule has 0 saturated carbocycles. The Balaban J connectivity index is 3.63. The van der Waals surface area contributed by atoms with Crippen LogP contribution in [0.2, 0.25) is 0 Å². The molecule has 0 unspecified atom stereocenters. The van der Waals surface area contributed by atoms with Crippen molar-refractivity contribution in [1.29, 1.82) is 0 Å². The highest BCUT2D eigenvalue weighted by atomic mass is 14.1. The highest BCUT2D eigenvalue weighted by Crippen LogP contribution is 2.23. The zero-order valence-electron chi connectivity index (χ0n) is 10.1. The molecule has 0 aromatic heterocycles. The Hall–Kier alpha value is -0.260. The maximum absolute atomic E-state index is 2.42. The van der Waals surface area contributed by atoms with Crippen LogP contribution in [0.15, 0.2) is 11.6 Å². The summed E-state index contributed by atoms with van der Waals surface area (Å²) in [5, 5.41) is 0. The van der Waals surface area contributed by atoms with Gasteiger partial charge in [0.1, 0.15) is 0 Å². The first kappa shape index (κ1) is 12.7. The van der Waals surface area contributed by atoms with Gasteiger partial charge in [0.15, 0.2) is 0 Å². The molecule has 0 amide bonds. The summed E-state index contributed by atoms with van der Waals surface area (Å²) in [5.74, 6) is 0. The van der Waals surface area contributed by atoms with E-state index in [1.54, 1.807) is 5.57 Å². The molecular formula is C13H26. The van der Waals surface area contributed by atoms with E-state index in [0.717, 1.165) is 0 Å². The largest absolute Gasteiger partial charge is 0.0856 e. The van der Waals surface area contributed by atoms with Crippen molar-refractivity contribution in [2.75, 3.05) is 0 Å². The summed E-state index contributed by atoms with van der Waals surface area (Å²) < 4.78 is 0. The van der Waals surface area contributed by atoms with Crippen LogP contribution in [0.4, 0.5) is 0 Å². The number of unbranched alkanes of at least 4 members (excludes halogenated alkanes) is 3. The highest BCUT2D eigenvalue weighted by molar-refractivity contribution is 5.00. The van der Waals surface area contributed by atoms with E-state index in [1.807, 2.05) is 0 Å². The molecule has 0 heterocycles. The van der Waals surface area contributed by atoms with E-state index >= 15 is 0 Å². The molecule has 13 heavy (non-hydrogen) atoms. The monoisotopic (exact) mass is 182 g/mol. The fraction of sp³-hybridized carbons (Fsp3) is 0.846. The van der Waals surface area contributed by atoms with Crippen LogP contribution >= 0.6 is 0 Å². The van der Waals surface area contributed by atoms with Gasteiger partial charge in [-0.2, -0.15) is 0 Å². The Morgan fingerprint density at radius 3 is 2.23 bits per heavy atom. The Morgan fingerprint density at radius 2 is 1.77 bits per heavy atom. The minimum atomic E-state index is 0.450. The van der Waals surface area contributed by atoms with Crippen LogP contribution in [-0.4, -0.2) is 0 Å². The maximum Gasteiger partial charge on any atom is -0.0274 e. The first-order valence-corrected chi connectivity index (χ1v) is 5.61. The highest BCUT2D eigenvalue weighted by Gasteiger charge is 2.09.